The summed E-state index contributed by atoms with van der Waals surface area (Å²) in [6, 6.07) is 3.97. The number of carbonyl (C=O) groups is 1. The first-order valence-electron chi connectivity index (χ1n) is 10.6. The van der Waals surface area contributed by atoms with Crippen molar-refractivity contribution in [2.24, 2.45) is 0 Å². The molecule has 4 heterocycles. The summed E-state index contributed by atoms with van der Waals surface area (Å²) < 4.78 is 66.6. The van der Waals surface area contributed by atoms with E-state index in [4.69, 9.17) is 0 Å². The Balaban J connectivity index is 1.58. The van der Waals surface area contributed by atoms with Gasteiger partial charge in [0.05, 0.1) is 24.0 Å². The van der Waals surface area contributed by atoms with E-state index in [2.05, 4.69) is 30.2 Å². The lowest BCUT2D eigenvalue weighted by Gasteiger charge is -2.39. The zero-order valence-electron chi connectivity index (χ0n) is 18.4. The number of hydrogen-bond acceptors (Lipinski definition) is 7. The highest BCUT2D eigenvalue weighted by atomic mass is 19.4. The van der Waals surface area contributed by atoms with Crippen molar-refractivity contribution in [1.82, 2.24) is 29.8 Å². The second-order valence-electron chi connectivity index (χ2n) is 8.05. The Kier molecular flexibility index (Phi) is 6.59. The number of halogens is 5. The van der Waals surface area contributed by atoms with E-state index < -0.39 is 42.6 Å². The van der Waals surface area contributed by atoms with Crippen LogP contribution in [0.3, 0.4) is 0 Å². The van der Waals surface area contributed by atoms with E-state index in [1.54, 1.807) is 25.1 Å². The van der Waals surface area contributed by atoms with Crippen molar-refractivity contribution < 1.29 is 26.7 Å². The molecule has 0 spiro atoms. The number of nitrogens with zero attached hydrogens (tertiary/aromatic N) is 6. The van der Waals surface area contributed by atoms with Crippen molar-refractivity contribution in [3.05, 3.63) is 60.1 Å². The van der Waals surface area contributed by atoms with Crippen molar-refractivity contribution in [3.63, 3.8) is 0 Å². The van der Waals surface area contributed by atoms with Crippen LogP contribution in [0.15, 0.2) is 43.0 Å². The maximum atomic E-state index is 14.3. The van der Waals surface area contributed by atoms with Gasteiger partial charge in [0.1, 0.15) is 11.5 Å². The molecule has 35 heavy (non-hydrogen) atoms. The molecule has 1 aliphatic rings. The first-order valence-corrected chi connectivity index (χ1v) is 10.6. The number of amides is 1. The zero-order chi connectivity index (χ0) is 25.2. The van der Waals surface area contributed by atoms with Crippen LogP contribution in [0.4, 0.5) is 27.8 Å². The predicted octanol–water partition coefficient (Wildman–Crippen LogP) is 4.01. The zero-order valence-corrected chi connectivity index (χ0v) is 18.4. The molecule has 0 aliphatic carbocycles. The Hall–Kier alpha value is -3.77. The summed E-state index contributed by atoms with van der Waals surface area (Å²) in [7, 11) is 0. The molecule has 1 N–H and O–H groups in total. The maximum Gasteiger partial charge on any atom is 0.434 e. The van der Waals surface area contributed by atoms with E-state index in [0.29, 0.717) is 17.5 Å². The van der Waals surface area contributed by atoms with Crippen LogP contribution in [0.25, 0.3) is 11.4 Å². The van der Waals surface area contributed by atoms with Crippen LogP contribution in [0.5, 0.6) is 0 Å². The third-order valence-corrected chi connectivity index (χ3v) is 5.46. The topological polar surface area (TPSA) is 96.8 Å². The molecule has 1 atom stereocenters. The summed E-state index contributed by atoms with van der Waals surface area (Å²) in [6.45, 7) is 1.28. The molecule has 184 valence electrons. The molecule has 4 rings (SSSR count). The Morgan fingerprint density at radius 3 is 2.54 bits per heavy atom. The number of aromatic nitrogens is 5. The van der Waals surface area contributed by atoms with E-state index in [1.807, 2.05) is 0 Å². The highest BCUT2D eigenvalue weighted by Crippen LogP contribution is 2.34. The molecular formula is C22H20F5N7O. The monoisotopic (exact) mass is 493 g/mol. The molecular weight excluding hydrogens is 473 g/mol. The quantitative estimate of drug-likeness (QED) is 0.537. The molecule has 0 bridgehead atoms. The Labute approximate surface area is 196 Å². The molecule has 8 nitrogen and oxygen atoms in total. The Morgan fingerprint density at radius 1 is 1.14 bits per heavy atom. The van der Waals surface area contributed by atoms with Crippen molar-refractivity contribution in [2.45, 2.75) is 37.9 Å². The first-order chi connectivity index (χ1) is 16.5. The minimum Gasteiger partial charge on any atom is -0.367 e. The van der Waals surface area contributed by atoms with Crippen molar-refractivity contribution in [2.75, 3.05) is 18.4 Å². The van der Waals surface area contributed by atoms with Gasteiger partial charge in [-0.2, -0.15) is 13.2 Å². The number of rotatable bonds is 5. The number of carbonyl (C=O) groups excluding carboxylic acids is 1. The van der Waals surface area contributed by atoms with E-state index in [-0.39, 0.29) is 30.4 Å². The molecule has 1 saturated heterocycles. The maximum absolute atomic E-state index is 14.3. The predicted molar refractivity (Wildman–Crippen MR) is 115 cm³/mol. The van der Waals surface area contributed by atoms with Gasteiger partial charge in [0, 0.05) is 44.0 Å². The molecule has 1 fully saturated rings. The van der Waals surface area contributed by atoms with Gasteiger partial charge in [-0.05, 0) is 25.1 Å². The fraction of sp³-hybridized carbons (Fsp3) is 0.364. The third kappa shape index (κ3) is 5.66. The summed E-state index contributed by atoms with van der Waals surface area (Å²) in [5, 5.41) is 2.71. The van der Waals surface area contributed by atoms with Crippen molar-refractivity contribution in [3.8, 4) is 11.4 Å². The summed E-state index contributed by atoms with van der Waals surface area (Å²) in [6.07, 6.45) is -1.39. The Morgan fingerprint density at radius 2 is 1.89 bits per heavy atom. The highest BCUT2D eigenvalue weighted by molar-refractivity contribution is 5.98. The van der Waals surface area contributed by atoms with Crippen molar-refractivity contribution in [1.29, 1.82) is 0 Å². The SMILES string of the molecule is Cc1ccc(-c2ncccn2)c(C(=O)N2CCC(F)(F)C[C@H]2CNc2cnc(C(F)(F)F)cn2)n1. The van der Waals surface area contributed by atoms with Gasteiger partial charge in [-0.25, -0.2) is 33.7 Å². The van der Waals surface area contributed by atoms with Crippen LogP contribution >= 0.6 is 0 Å². The van der Waals surface area contributed by atoms with Crippen LogP contribution in [0, 0.1) is 6.92 Å². The lowest BCUT2D eigenvalue weighted by atomic mass is 9.97. The molecule has 0 radical (unpaired) electrons. The van der Waals surface area contributed by atoms with Gasteiger partial charge in [0.15, 0.2) is 11.5 Å². The van der Waals surface area contributed by atoms with E-state index in [0.717, 1.165) is 6.20 Å². The molecule has 3 aromatic heterocycles. The number of nitrogens with one attached hydrogen (secondary N) is 1. The minimum atomic E-state index is -4.65. The number of alkyl halides is 5. The average Bonchev–Trinajstić information content (AvgIpc) is 2.82. The van der Waals surface area contributed by atoms with E-state index in [9.17, 15) is 26.7 Å². The summed E-state index contributed by atoms with van der Waals surface area (Å²) >= 11 is 0. The second kappa shape index (κ2) is 9.47. The fourth-order valence-corrected chi connectivity index (χ4v) is 3.74. The van der Waals surface area contributed by atoms with Crippen LogP contribution in [0.1, 0.15) is 34.7 Å². The van der Waals surface area contributed by atoms with Gasteiger partial charge in [0.2, 0.25) is 0 Å². The third-order valence-electron chi connectivity index (χ3n) is 5.46. The lowest BCUT2D eigenvalue weighted by molar-refractivity contribution is -0.141. The average molecular weight is 493 g/mol. The van der Waals surface area contributed by atoms with Gasteiger partial charge in [-0.15, -0.1) is 0 Å². The fourth-order valence-electron chi connectivity index (χ4n) is 3.74. The van der Waals surface area contributed by atoms with E-state index in [1.165, 1.54) is 17.3 Å². The lowest BCUT2D eigenvalue weighted by Crippen LogP contribution is -2.52. The standard InChI is InChI=1S/C22H20F5N7O/c1-13-3-4-15(19-28-6-2-7-29-19)18(33-13)20(35)34-8-5-21(23,24)9-14(34)10-31-17-12-30-16(11-32-17)22(25,26)27/h2-4,6-7,11-12,14H,5,8-10H2,1H3,(H,31,32)/t14-/m0/s1. The highest BCUT2D eigenvalue weighted by Gasteiger charge is 2.43. The molecule has 1 amide bonds. The van der Waals surface area contributed by atoms with Gasteiger partial charge < -0.3 is 10.2 Å². The van der Waals surface area contributed by atoms with Gasteiger partial charge in [-0.3, -0.25) is 4.79 Å². The normalized spacial score (nSPS) is 17.8. The van der Waals surface area contributed by atoms with E-state index >= 15 is 0 Å². The summed E-state index contributed by atoms with van der Waals surface area (Å²) in [4.78, 5) is 34.4. The second-order valence-corrected chi connectivity index (χ2v) is 8.05. The molecule has 3 aromatic rings. The van der Waals surface area contributed by atoms with Crippen LogP contribution in [-0.2, 0) is 6.18 Å². The van der Waals surface area contributed by atoms with Gasteiger partial charge >= 0.3 is 6.18 Å². The first kappa shape index (κ1) is 24.4. The van der Waals surface area contributed by atoms with Crippen molar-refractivity contribution >= 4 is 11.7 Å². The molecule has 13 heteroatoms. The summed E-state index contributed by atoms with van der Waals surface area (Å²) in [5.41, 5.74) is -0.241. The van der Waals surface area contributed by atoms with Gasteiger partial charge in [-0.1, -0.05) is 0 Å². The van der Waals surface area contributed by atoms with Gasteiger partial charge in [0.25, 0.3) is 11.8 Å². The molecule has 1 aliphatic heterocycles. The number of anilines is 1. The number of pyridine rings is 1. The number of aryl methyl sites for hydroxylation is 1. The van der Waals surface area contributed by atoms with Crippen LogP contribution in [0.2, 0.25) is 0 Å². The largest absolute Gasteiger partial charge is 0.434 e. The van der Waals surface area contributed by atoms with Crippen LogP contribution in [-0.4, -0.2) is 60.8 Å². The number of hydrogen-bond donors (Lipinski definition) is 1. The Bertz CT molecular complexity index is 1190. The molecule has 0 unspecified atom stereocenters. The molecule has 0 saturated carbocycles. The molecule has 0 aromatic carbocycles. The number of likely N-dealkylation sites (tertiary alicyclic amines) is 1. The minimum absolute atomic E-state index is 0.0285. The van der Waals surface area contributed by atoms with Crippen LogP contribution < -0.4 is 5.32 Å². The summed E-state index contributed by atoms with van der Waals surface area (Å²) in [5.74, 6) is -3.36. The number of piperidine rings is 1. The smallest absolute Gasteiger partial charge is 0.367 e.